The van der Waals surface area contributed by atoms with Gasteiger partial charge in [0.05, 0.1) is 6.42 Å². The SMILES string of the molecule is O=CNCc1cccc(C(=O)NCCC(=O)O)c1. The molecule has 0 saturated carbocycles. The van der Waals surface area contributed by atoms with Crippen molar-refractivity contribution >= 4 is 18.3 Å². The van der Waals surface area contributed by atoms with Gasteiger partial charge in [-0.3, -0.25) is 14.4 Å². The summed E-state index contributed by atoms with van der Waals surface area (Å²) in [5.41, 5.74) is 1.23. The molecule has 1 aromatic rings. The number of aliphatic carboxylic acids is 1. The molecule has 0 fully saturated rings. The van der Waals surface area contributed by atoms with Crippen molar-refractivity contribution in [3.05, 3.63) is 35.4 Å². The number of carbonyl (C=O) groups excluding carboxylic acids is 2. The van der Waals surface area contributed by atoms with Crippen LogP contribution in [0.3, 0.4) is 0 Å². The molecule has 0 heterocycles. The van der Waals surface area contributed by atoms with Gasteiger partial charge in [0, 0.05) is 18.7 Å². The third-order valence-corrected chi connectivity index (χ3v) is 2.20. The van der Waals surface area contributed by atoms with Gasteiger partial charge in [0.2, 0.25) is 6.41 Å². The van der Waals surface area contributed by atoms with Crippen LogP contribution in [0, 0.1) is 0 Å². The lowest BCUT2D eigenvalue weighted by Gasteiger charge is -2.05. The lowest BCUT2D eigenvalue weighted by atomic mass is 10.1. The van der Waals surface area contributed by atoms with E-state index in [9.17, 15) is 14.4 Å². The topological polar surface area (TPSA) is 95.5 Å². The van der Waals surface area contributed by atoms with Gasteiger partial charge in [-0.2, -0.15) is 0 Å². The van der Waals surface area contributed by atoms with Crippen LogP contribution in [0.15, 0.2) is 24.3 Å². The molecule has 0 atom stereocenters. The largest absolute Gasteiger partial charge is 0.481 e. The van der Waals surface area contributed by atoms with Crippen LogP contribution in [0.1, 0.15) is 22.3 Å². The summed E-state index contributed by atoms with van der Waals surface area (Å²) in [6.45, 7) is 0.435. The van der Waals surface area contributed by atoms with Crippen molar-refractivity contribution in [3.8, 4) is 0 Å². The smallest absolute Gasteiger partial charge is 0.305 e. The van der Waals surface area contributed by atoms with Crippen LogP contribution in [0.4, 0.5) is 0 Å². The molecule has 0 spiro atoms. The summed E-state index contributed by atoms with van der Waals surface area (Å²) in [4.78, 5) is 32.1. The zero-order valence-electron chi connectivity index (χ0n) is 9.68. The predicted octanol–water partition coefficient (Wildman–Crippen LogP) is 0.137. The molecule has 0 aliphatic rings. The number of benzene rings is 1. The molecule has 18 heavy (non-hydrogen) atoms. The van der Waals surface area contributed by atoms with Crippen LogP contribution in [0.25, 0.3) is 0 Å². The summed E-state index contributed by atoms with van der Waals surface area (Å²) >= 11 is 0. The Balaban J connectivity index is 2.56. The van der Waals surface area contributed by atoms with Gasteiger partial charge in [-0.15, -0.1) is 0 Å². The van der Waals surface area contributed by atoms with Crippen molar-refractivity contribution in [2.45, 2.75) is 13.0 Å². The second-order valence-electron chi connectivity index (χ2n) is 3.60. The molecule has 6 heteroatoms. The van der Waals surface area contributed by atoms with Crippen LogP contribution in [0.5, 0.6) is 0 Å². The van der Waals surface area contributed by atoms with Gasteiger partial charge in [-0.05, 0) is 17.7 Å². The van der Waals surface area contributed by atoms with E-state index in [0.29, 0.717) is 18.5 Å². The van der Waals surface area contributed by atoms with E-state index in [1.54, 1.807) is 24.3 Å². The van der Waals surface area contributed by atoms with Gasteiger partial charge in [0.15, 0.2) is 0 Å². The van der Waals surface area contributed by atoms with Crippen molar-refractivity contribution in [2.24, 2.45) is 0 Å². The van der Waals surface area contributed by atoms with Gasteiger partial charge in [0.25, 0.3) is 5.91 Å². The third-order valence-electron chi connectivity index (χ3n) is 2.20. The Morgan fingerprint density at radius 2 is 2.11 bits per heavy atom. The summed E-state index contributed by atoms with van der Waals surface area (Å²) in [5, 5.41) is 13.4. The molecule has 2 amide bonds. The van der Waals surface area contributed by atoms with Gasteiger partial charge >= 0.3 is 5.97 Å². The Hall–Kier alpha value is -2.37. The number of amides is 2. The molecule has 0 aromatic heterocycles. The molecule has 6 nitrogen and oxygen atoms in total. The van der Waals surface area contributed by atoms with Gasteiger partial charge in [-0.25, -0.2) is 0 Å². The van der Waals surface area contributed by atoms with Crippen LogP contribution in [-0.2, 0) is 16.1 Å². The summed E-state index contributed by atoms with van der Waals surface area (Å²) in [5.74, 6) is -1.29. The summed E-state index contributed by atoms with van der Waals surface area (Å²) < 4.78 is 0. The number of rotatable bonds is 7. The van der Waals surface area contributed by atoms with E-state index in [0.717, 1.165) is 5.56 Å². The van der Waals surface area contributed by atoms with Crippen LogP contribution in [-0.4, -0.2) is 29.9 Å². The average Bonchev–Trinajstić information content (AvgIpc) is 2.36. The highest BCUT2D eigenvalue weighted by atomic mass is 16.4. The van der Waals surface area contributed by atoms with Crippen molar-refractivity contribution in [3.63, 3.8) is 0 Å². The minimum Gasteiger partial charge on any atom is -0.481 e. The van der Waals surface area contributed by atoms with Gasteiger partial charge in [0.1, 0.15) is 0 Å². The number of carboxylic acids is 1. The second kappa shape index (κ2) is 7.05. The van der Waals surface area contributed by atoms with E-state index < -0.39 is 5.97 Å². The molecular formula is C12H14N2O4. The lowest BCUT2D eigenvalue weighted by Crippen LogP contribution is -2.26. The average molecular weight is 250 g/mol. The Kier molecular flexibility index (Phi) is 5.37. The first-order valence-electron chi connectivity index (χ1n) is 5.39. The third kappa shape index (κ3) is 4.65. The highest BCUT2D eigenvalue weighted by molar-refractivity contribution is 5.94. The van der Waals surface area contributed by atoms with Gasteiger partial charge < -0.3 is 15.7 Å². The summed E-state index contributed by atoms with van der Waals surface area (Å²) in [7, 11) is 0. The molecule has 0 aliphatic carbocycles. The minimum absolute atomic E-state index is 0.0883. The molecule has 0 aliphatic heterocycles. The van der Waals surface area contributed by atoms with Crippen molar-refractivity contribution in [2.75, 3.05) is 6.54 Å². The second-order valence-corrected chi connectivity index (χ2v) is 3.60. The van der Waals surface area contributed by atoms with E-state index >= 15 is 0 Å². The molecule has 0 radical (unpaired) electrons. The number of carboxylic acid groups (broad SMARTS) is 1. The van der Waals surface area contributed by atoms with E-state index in [1.165, 1.54) is 0 Å². The maximum atomic E-state index is 11.7. The van der Waals surface area contributed by atoms with Crippen LogP contribution < -0.4 is 10.6 Å². The van der Waals surface area contributed by atoms with Crippen molar-refractivity contribution in [1.29, 1.82) is 0 Å². The van der Waals surface area contributed by atoms with Crippen molar-refractivity contribution < 1.29 is 19.5 Å². The first-order chi connectivity index (χ1) is 8.63. The fourth-order valence-corrected chi connectivity index (χ4v) is 1.37. The lowest BCUT2D eigenvalue weighted by molar-refractivity contribution is -0.136. The molecule has 1 aromatic carbocycles. The molecule has 96 valence electrons. The normalized spacial score (nSPS) is 9.56. The fourth-order valence-electron chi connectivity index (χ4n) is 1.37. The molecular weight excluding hydrogens is 236 g/mol. The Labute approximate surface area is 104 Å². The maximum absolute atomic E-state index is 11.7. The molecule has 0 saturated heterocycles. The Bertz CT molecular complexity index is 445. The number of nitrogens with one attached hydrogen (secondary N) is 2. The van der Waals surface area contributed by atoms with E-state index in [-0.39, 0.29) is 18.9 Å². The Morgan fingerprint density at radius 3 is 2.78 bits per heavy atom. The zero-order chi connectivity index (χ0) is 13.4. The molecule has 0 unspecified atom stereocenters. The number of hydrogen-bond donors (Lipinski definition) is 3. The zero-order valence-corrected chi connectivity index (χ0v) is 9.68. The van der Waals surface area contributed by atoms with Crippen LogP contribution >= 0.6 is 0 Å². The number of carbonyl (C=O) groups is 3. The first kappa shape index (κ1) is 13.7. The summed E-state index contributed by atoms with van der Waals surface area (Å²) in [6, 6.07) is 6.76. The van der Waals surface area contributed by atoms with E-state index in [2.05, 4.69) is 10.6 Å². The van der Waals surface area contributed by atoms with Crippen molar-refractivity contribution in [1.82, 2.24) is 10.6 Å². The van der Waals surface area contributed by atoms with Crippen LogP contribution in [0.2, 0.25) is 0 Å². The highest BCUT2D eigenvalue weighted by Crippen LogP contribution is 2.05. The monoisotopic (exact) mass is 250 g/mol. The quantitative estimate of drug-likeness (QED) is 0.600. The first-order valence-corrected chi connectivity index (χ1v) is 5.39. The molecule has 0 bridgehead atoms. The fraction of sp³-hybridized carbons (Fsp3) is 0.250. The van der Waals surface area contributed by atoms with E-state index in [1.807, 2.05) is 0 Å². The molecule has 3 N–H and O–H groups in total. The Morgan fingerprint density at radius 1 is 1.33 bits per heavy atom. The highest BCUT2D eigenvalue weighted by Gasteiger charge is 2.06. The standard InChI is InChI=1S/C12H14N2O4/c15-8-13-7-9-2-1-3-10(6-9)12(18)14-5-4-11(16)17/h1-3,6,8H,4-5,7H2,(H,13,15)(H,14,18)(H,16,17). The number of hydrogen-bond acceptors (Lipinski definition) is 3. The predicted molar refractivity (Wildman–Crippen MR) is 63.9 cm³/mol. The van der Waals surface area contributed by atoms with E-state index in [4.69, 9.17) is 5.11 Å². The summed E-state index contributed by atoms with van der Waals surface area (Å²) in [6.07, 6.45) is 0.470. The minimum atomic E-state index is -0.959. The maximum Gasteiger partial charge on any atom is 0.305 e. The van der Waals surface area contributed by atoms with Gasteiger partial charge in [-0.1, -0.05) is 12.1 Å². The molecule has 1 rings (SSSR count).